The Kier molecular flexibility index (Phi) is 6.72. The molecule has 21 heavy (non-hydrogen) atoms. The molecule has 11 heteroatoms. The van der Waals surface area contributed by atoms with Gasteiger partial charge in [0, 0.05) is 5.92 Å². The molecule has 0 rings (SSSR count). The van der Waals surface area contributed by atoms with Crippen LogP contribution in [0, 0.1) is 5.92 Å². The first kappa shape index (κ1) is 18.8. The van der Waals surface area contributed by atoms with Crippen molar-refractivity contribution in [2.45, 2.75) is 31.2 Å². The maximum absolute atomic E-state index is 11.0. The third-order valence-electron chi connectivity index (χ3n) is 3.03. The van der Waals surface area contributed by atoms with Gasteiger partial charge >= 0.3 is 23.9 Å². The molecule has 0 bridgehead atoms. The van der Waals surface area contributed by atoms with Gasteiger partial charge in [-0.25, -0.2) is 0 Å². The van der Waals surface area contributed by atoms with Crippen molar-refractivity contribution in [1.29, 1.82) is 0 Å². The smallest absolute Gasteiger partial charge is 0.305 e. The SMILES string of the molecule is NN(N)C(CC(=O)O)(CC(=O)O)C(CC(=O)O)CC(=O)O. The van der Waals surface area contributed by atoms with E-state index in [0.717, 1.165) is 0 Å². The molecule has 0 unspecified atom stereocenters. The quantitative estimate of drug-likeness (QED) is 0.198. The molecule has 0 radical (unpaired) electrons. The number of hydrogen-bond acceptors (Lipinski definition) is 7. The van der Waals surface area contributed by atoms with Gasteiger partial charge in [0.05, 0.1) is 31.2 Å². The first-order valence-corrected chi connectivity index (χ1v) is 5.68. The summed E-state index contributed by atoms with van der Waals surface area (Å²) in [5.74, 6) is 3.40. The van der Waals surface area contributed by atoms with E-state index in [1.54, 1.807) is 0 Å². The van der Waals surface area contributed by atoms with Crippen molar-refractivity contribution in [3.63, 3.8) is 0 Å². The van der Waals surface area contributed by atoms with Gasteiger partial charge in [-0.2, -0.15) is 5.12 Å². The molecule has 0 atom stereocenters. The standard InChI is InChI=1S/C10H17N3O8/c11-13(12)10(3-8(18)19,4-9(20)21)5(1-6(14)15)2-7(16)17/h5H,1-4,11-12H2,(H,14,15)(H,16,17)(H,18,19)(H,20,21). The van der Waals surface area contributed by atoms with Gasteiger partial charge in [0.25, 0.3) is 0 Å². The van der Waals surface area contributed by atoms with Crippen molar-refractivity contribution in [3.8, 4) is 0 Å². The summed E-state index contributed by atoms with van der Waals surface area (Å²) in [6, 6.07) is 0. The number of nitrogens with zero attached hydrogens (tertiary/aromatic N) is 1. The van der Waals surface area contributed by atoms with E-state index in [1.165, 1.54) is 0 Å². The molecule has 0 aromatic rings. The van der Waals surface area contributed by atoms with Crippen LogP contribution < -0.4 is 11.7 Å². The average Bonchev–Trinajstić information content (AvgIpc) is 2.23. The fourth-order valence-corrected chi connectivity index (χ4v) is 2.14. The molecule has 0 spiro atoms. The first-order valence-electron chi connectivity index (χ1n) is 5.68. The van der Waals surface area contributed by atoms with Crippen LogP contribution in [0.4, 0.5) is 0 Å². The second-order valence-electron chi connectivity index (χ2n) is 4.54. The van der Waals surface area contributed by atoms with Crippen molar-refractivity contribution in [2.75, 3.05) is 0 Å². The molecule has 0 saturated heterocycles. The van der Waals surface area contributed by atoms with Crippen LogP contribution >= 0.6 is 0 Å². The summed E-state index contributed by atoms with van der Waals surface area (Å²) in [6.07, 6.45) is -3.43. The largest absolute Gasteiger partial charge is 0.481 e. The van der Waals surface area contributed by atoms with E-state index < -0.39 is 61.0 Å². The van der Waals surface area contributed by atoms with Crippen molar-refractivity contribution in [1.82, 2.24) is 5.12 Å². The molecule has 0 saturated carbocycles. The minimum absolute atomic E-state index is 0.284. The van der Waals surface area contributed by atoms with E-state index in [2.05, 4.69) is 0 Å². The topological polar surface area (TPSA) is 204 Å². The van der Waals surface area contributed by atoms with Crippen LogP contribution in [0.2, 0.25) is 0 Å². The highest BCUT2D eigenvalue weighted by atomic mass is 16.4. The molecule has 0 aliphatic carbocycles. The van der Waals surface area contributed by atoms with Crippen molar-refractivity contribution < 1.29 is 39.6 Å². The minimum atomic E-state index is -2.05. The van der Waals surface area contributed by atoms with Crippen LogP contribution in [0.3, 0.4) is 0 Å². The summed E-state index contributed by atoms with van der Waals surface area (Å²) in [5, 5.41) is 35.7. The number of carboxylic acids is 4. The summed E-state index contributed by atoms with van der Waals surface area (Å²) < 4.78 is 0. The Morgan fingerprint density at radius 3 is 1.33 bits per heavy atom. The molecule has 8 N–H and O–H groups in total. The molecule has 120 valence electrons. The highest BCUT2D eigenvalue weighted by Crippen LogP contribution is 2.34. The lowest BCUT2D eigenvalue weighted by molar-refractivity contribution is -0.156. The number of carboxylic acid groups (broad SMARTS) is 4. The van der Waals surface area contributed by atoms with Crippen LogP contribution in [0.15, 0.2) is 0 Å². The van der Waals surface area contributed by atoms with Crippen molar-refractivity contribution in [3.05, 3.63) is 0 Å². The molecular weight excluding hydrogens is 290 g/mol. The van der Waals surface area contributed by atoms with Gasteiger partial charge in [-0.15, -0.1) is 0 Å². The molecule has 0 aromatic carbocycles. The lowest BCUT2D eigenvalue weighted by Crippen LogP contribution is -2.63. The fourth-order valence-electron chi connectivity index (χ4n) is 2.14. The van der Waals surface area contributed by atoms with E-state index >= 15 is 0 Å². The van der Waals surface area contributed by atoms with Gasteiger partial charge in [0.1, 0.15) is 0 Å². The first-order chi connectivity index (χ1) is 9.51. The lowest BCUT2D eigenvalue weighted by atomic mass is 9.74. The number of hydrogen-bond donors (Lipinski definition) is 6. The van der Waals surface area contributed by atoms with E-state index in [0.29, 0.717) is 0 Å². The maximum Gasteiger partial charge on any atom is 0.305 e. The predicted octanol–water partition coefficient (Wildman–Crippen LogP) is -1.71. The van der Waals surface area contributed by atoms with Gasteiger partial charge in [0.2, 0.25) is 0 Å². The third-order valence-corrected chi connectivity index (χ3v) is 3.03. The normalized spacial score (nSPS) is 11.6. The second-order valence-corrected chi connectivity index (χ2v) is 4.54. The number of rotatable bonds is 10. The Morgan fingerprint density at radius 2 is 1.14 bits per heavy atom. The fraction of sp³-hybridized carbons (Fsp3) is 0.600. The molecule has 0 heterocycles. The van der Waals surface area contributed by atoms with E-state index in [1.807, 2.05) is 0 Å². The lowest BCUT2D eigenvalue weighted by Gasteiger charge is -2.41. The zero-order chi connectivity index (χ0) is 16.8. The third kappa shape index (κ3) is 5.72. The summed E-state index contributed by atoms with van der Waals surface area (Å²) in [6.45, 7) is 0. The van der Waals surface area contributed by atoms with Gasteiger partial charge in [-0.05, 0) is 0 Å². The van der Waals surface area contributed by atoms with Gasteiger partial charge < -0.3 is 20.4 Å². The maximum atomic E-state index is 11.0. The zero-order valence-corrected chi connectivity index (χ0v) is 10.9. The van der Waals surface area contributed by atoms with Crippen LogP contribution in [-0.2, 0) is 19.2 Å². The molecular formula is C10H17N3O8. The molecule has 0 aliphatic heterocycles. The monoisotopic (exact) mass is 307 g/mol. The molecule has 0 fully saturated rings. The van der Waals surface area contributed by atoms with Crippen LogP contribution in [-0.4, -0.2) is 55.0 Å². The Hall–Kier alpha value is -2.24. The second kappa shape index (κ2) is 7.52. The minimum Gasteiger partial charge on any atom is -0.481 e. The van der Waals surface area contributed by atoms with Crippen molar-refractivity contribution in [2.24, 2.45) is 17.6 Å². The Balaban J connectivity index is 5.81. The number of hydrazine groups is 2. The molecule has 0 amide bonds. The van der Waals surface area contributed by atoms with Crippen LogP contribution in [0.25, 0.3) is 0 Å². The van der Waals surface area contributed by atoms with Gasteiger partial charge in [-0.3, -0.25) is 30.9 Å². The van der Waals surface area contributed by atoms with Gasteiger partial charge in [0.15, 0.2) is 0 Å². The van der Waals surface area contributed by atoms with E-state index in [4.69, 9.17) is 32.1 Å². The highest BCUT2D eigenvalue weighted by Gasteiger charge is 2.47. The zero-order valence-electron chi connectivity index (χ0n) is 10.9. The molecule has 11 nitrogen and oxygen atoms in total. The number of nitrogens with two attached hydrogens (primary N) is 2. The number of aliphatic carboxylic acids is 4. The van der Waals surface area contributed by atoms with Crippen LogP contribution in [0.5, 0.6) is 0 Å². The van der Waals surface area contributed by atoms with Crippen molar-refractivity contribution >= 4 is 23.9 Å². The average molecular weight is 307 g/mol. The molecule has 0 aliphatic rings. The molecule has 0 aromatic heterocycles. The summed E-state index contributed by atoms with van der Waals surface area (Å²) in [4.78, 5) is 43.6. The summed E-state index contributed by atoms with van der Waals surface area (Å²) in [5.41, 5.74) is -2.05. The Bertz CT molecular complexity index is 404. The predicted molar refractivity (Wildman–Crippen MR) is 65.4 cm³/mol. The van der Waals surface area contributed by atoms with E-state index in [-0.39, 0.29) is 5.12 Å². The van der Waals surface area contributed by atoms with Gasteiger partial charge in [-0.1, -0.05) is 0 Å². The Morgan fingerprint density at radius 1 is 0.810 bits per heavy atom. The Labute approximate surface area is 118 Å². The number of carbonyl (C=O) groups is 4. The summed E-state index contributed by atoms with van der Waals surface area (Å²) >= 11 is 0. The highest BCUT2D eigenvalue weighted by molar-refractivity contribution is 5.76. The van der Waals surface area contributed by atoms with Crippen LogP contribution in [0.1, 0.15) is 25.7 Å². The summed E-state index contributed by atoms with van der Waals surface area (Å²) in [7, 11) is 0. The van der Waals surface area contributed by atoms with E-state index in [9.17, 15) is 19.2 Å².